The van der Waals surface area contributed by atoms with Gasteiger partial charge in [0.25, 0.3) is 5.69 Å². The van der Waals surface area contributed by atoms with Crippen molar-refractivity contribution in [2.45, 2.75) is 11.3 Å². The quantitative estimate of drug-likeness (QED) is 0.312. The third kappa shape index (κ3) is 5.20. The van der Waals surface area contributed by atoms with Gasteiger partial charge in [-0.05, 0) is 30.3 Å². The number of hydrogen-bond donors (Lipinski definition) is 0. The molecule has 0 amide bonds. The van der Waals surface area contributed by atoms with Crippen LogP contribution in [0.2, 0.25) is 0 Å². The van der Waals surface area contributed by atoms with Gasteiger partial charge in [-0.2, -0.15) is 8.42 Å². The Morgan fingerprint density at radius 1 is 1.00 bits per heavy atom. The highest BCUT2D eigenvalue weighted by molar-refractivity contribution is 7.86. The van der Waals surface area contributed by atoms with Gasteiger partial charge in [0.1, 0.15) is 11.5 Å². The first-order valence-corrected chi connectivity index (χ1v) is 8.29. The van der Waals surface area contributed by atoms with Gasteiger partial charge in [0.2, 0.25) is 0 Å². The van der Waals surface area contributed by atoms with Crippen molar-refractivity contribution in [1.29, 1.82) is 0 Å². The highest BCUT2D eigenvalue weighted by atomic mass is 32.3. The Morgan fingerprint density at radius 2 is 1.62 bits per heavy atom. The molecule has 7 nitrogen and oxygen atoms in total. The van der Waals surface area contributed by atoms with Crippen molar-refractivity contribution in [3.05, 3.63) is 58.6 Å². The highest BCUT2D eigenvalue weighted by Gasteiger charge is 2.11. The average molecular weight is 355 g/mol. The molecule has 0 saturated heterocycles. The van der Waals surface area contributed by atoms with Crippen LogP contribution in [0.1, 0.15) is 6.42 Å². The second kappa shape index (κ2) is 7.73. The molecule has 0 N–H and O–H groups in total. The van der Waals surface area contributed by atoms with E-state index < -0.39 is 20.0 Å². The number of benzene rings is 2. The number of halogens is 1. The number of ether oxygens (including phenoxy) is 2. The summed E-state index contributed by atoms with van der Waals surface area (Å²) >= 11 is 0. The molecule has 0 atom stereocenters. The number of nitrogens with zero attached hydrogens (tertiary/aromatic N) is 1. The molecule has 2 aromatic rings. The lowest BCUT2D eigenvalue weighted by Gasteiger charge is -2.08. The smallest absolute Gasteiger partial charge is 0.332 e. The first-order valence-electron chi connectivity index (χ1n) is 6.91. The summed E-state index contributed by atoms with van der Waals surface area (Å²) in [6, 6.07) is 10.8. The normalized spacial score (nSPS) is 11.0. The van der Waals surface area contributed by atoms with Gasteiger partial charge in [-0.1, -0.05) is 6.07 Å². The Kier molecular flexibility index (Phi) is 5.69. The van der Waals surface area contributed by atoms with E-state index in [9.17, 15) is 22.4 Å². The summed E-state index contributed by atoms with van der Waals surface area (Å²) in [4.78, 5) is 9.71. The highest BCUT2D eigenvalue weighted by Crippen LogP contribution is 2.20. The molecule has 0 aliphatic carbocycles. The summed E-state index contributed by atoms with van der Waals surface area (Å²) in [5.41, 5.74) is -0.0494. The molecule has 128 valence electrons. The maximum Gasteiger partial charge on any atom is 0.332 e. The topological polar surface area (TPSA) is 95.7 Å². The molecule has 0 saturated carbocycles. The largest absolute Gasteiger partial charge is 0.493 e. The fourth-order valence-electron chi connectivity index (χ4n) is 1.82. The van der Waals surface area contributed by atoms with Crippen LogP contribution in [0.4, 0.5) is 9.57 Å². The molecule has 0 aliphatic rings. The van der Waals surface area contributed by atoms with Gasteiger partial charge in [-0.25, -0.2) is 0 Å². The Bertz CT molecular complexity index is 807. The van der Waals surface area contributed by atoms with Crippen molar-refractivity contribution >= 4 is 15.9 Å². The standard InChI is InChI=1S/C15H14FNO6S/c16-24(20,21)15-7-5-13(6-8-15)22-9-2-10-23-14-4-1-3-12(11-14)17(18)19/h1,3-8,11H,2,9-10H2. The minimum absolute atomic E-state index is 0.0494. The molecule has 0 spiro atoms. The van der Waals surface area contributed by atoms with Crippen LogP contribution in [-0.4, -0.2) is 26.6 Å². The Labute approximate surface area is 138 Å². The second-order valence-electron chi connectivity index (χ2n) is 4.71. The predicted octanol–water partition coefficient (Wildman–Crippen LogP) is 3.10. The molecule has 0 fully saturated rings. The van der Waals surface area contributed by atoms with Crippen LogP contribution in [0, 0.1) is 10.1 Å². The molecule has 0 radical (unpaired) electrons. The van der Waals surface area contributed by atoms with E-state index in [2.05, 4.69) is 0 Å². The van der Waals surface area contributed by atoms with E-state index in [-0.39, 0.29) is 18.9 Å². The van der Waals surface area contributed by atoms with Crippen molar-refractivity contribution in [3.63, 3.8) is 0 Å². The minimum Gasteiger partial charge on any atom is -0.493 e. The van der Waals surface area contributed by atoms with Gasteiger partial charge < -0.3 is 9.47 Å². The first-order chi connectivity index (χ1) is 11.4. The lowest BCUT2D eigenvalue weighted by molar-refractivity contribution is -0.384. The average Bonchev–Trinajstić information content (AvgIpc) is 2.54. The maximum absolute atomic E-state index is 12.7. The molecule has 0 bridgehead atoms. The molecule has 9 heteroatoms. The zero-order chi connectivity index (χ0) is 17.6. The van der Waals surface area contributed by atoms with E-state index in [0.29, 0.717) is 17.9 Å². The summed E-state index contributed by atoms with van der Waals surface area (Å²) in [6.07, 6.45) is 0.506. The molecule has 0 aliphatic heterocycles. The van der Waals surface area contributed by atoms with Crippen LogP contribution in [0.25, 0.3) is 0 Å². The van der Waals surface area contributed by atoms with E-state index in [1.807, 2.05) is 0 Å². The van der Waals surface area contributed by atoms with Crippen LogP contribution in [-0.2, 0) is 10.2 Å². The summed E-state index contributed by atoms with van der Waals surface area (Å²) in [5, 5.41) is 10.6. The summed E-state index contributed by atoms with van der Waals surface area (Å²) in [6.45, 7) is 0.578. The zero-order valence-electron chi connectivity index (χ0n) is 12.4. The molecule has 0 aromatic heterocycles. The van der Waals surface area contributed by atoms with Crippen molar-refractivity contribution in [3.8, 4) is 11.5 Å². The number of hydrogen-bond acceptors (Lipinski definition) is 6. The van der Waals surface area contributed by atoms with Gasteiger partial charge in [-0.3, -0.25) is 10.1 Å². The number of nitro groups is 1. The minimum atomic E-state index is -4.71. The number of rotatable bonds is 8. The number of nitro benzene ring substituents is 1. The van der Waals surface area contributed by atoms with Crippen LogP contribution in [0.3, 0.4) is 0 Å². The molecule has 2 aromatic carbocycles. The van der Waals surface area contributed by atoms with Gasteiger partial charge in [0, 0.05) is 12.5 Å². The molecule has 24 heavy (non-hydrogen) atoms. The molecule has 0 unspecified atom stereocenters. The van der Waals surface area contributed by atoms with Gasteiger partial charge in [0.15, 0.2) is 0 Å². The van der Waals surface area contributed by atoms with Crippen molar-refractivity contribution < 1.29 is 26.7 Å². The molecule has 2 rings (SSSR count). The van der Waals surface area contributed by atoms with Crippen molar-refractivity contribution in [2.75, 3.05) is 13.2 Å². The lowest BCUT2D eigenvalue weighted by Crippen LogP contribution is -2.05. The maximum atomic E-state index is 12.7. The van der Waals surface area contributed by atoms with Crippen molar-refractivity contribution in [2.24, 2.45) is 0 Å². The lowest BCUT2D eigenvalue weighted by atomic mass is 10.3. The van der Waals surface area contributed by atoms with Crippen LogP contribution in [0.15, 0.2) is 53.4 Å². The van der Waals surface area contributed by atoms with E-state index in [0.717, 1.165) is 12.1 Å². The molecule has 0 heterocycles. The zero-order valence-corrected chi connectivity index (χ0v) is 13.2. The first kappa shape index (κ1) is 17.7. The third-order valence-electron chi connectivity index (χ3n) is 2.96. The summed E-state index contributed by atoms with van der Waals surface area (Å²) < 4.78 is 44.8. The Hall–Kier alpha value is -2.68. The van der Waals surface area contributed by atoms with Gasteiger partial charge >= 0.3 is 10.2 Å². The van der Waals surface area contributed by atoms with Crippen LogP contribution >= 0.6 is 0 Å². The fourth-order valence-corrected chi connectivity index (χ4v) is 2.29. The van der Waals surface area contributed by atoms with Gasteiger partial charge in [0.05, 0.1) is 29.1 Å². The monoisotopic (exact) mass is 355 g/mol. The van der Waals surface area contributed by atoms with E-state index in [4.69, 9.17) is 9.47 Å². The second-order valence-corrected chi connectivity index (χ2v) is 6.06. The van der Waals surface area contributed by atoms with E-state index in [1.165, 1.54) is 30.3 Å². The SMILES string of the molecule is O=[N+]([O-])c1cccc(OCCCOc2ccc(S(=O)(=O)F)cc2)c1. The van der Waals surface area contributed by atoms with Crippen LogP contribution < -0.4 is 9.47 Å². The Balaban J connectivity index is 1.75. The molecular weight excluding hydrogens is 341 g/mol. The van der Waals surface area contributed by atoms with E-state index in [1.54, 1.807) is 6.07 Å². The third-order valence-corrected chi connectivity index (χ3v) is 3.80. The summed E-state index contributed by atoms with van der Waals surface area (Å²) in [7, 11) is -4.71. The van der Waals surface area contributed by atoms with Crippen LogP contribution in [0.5, 0.6) is 11.5 Å². The summed E-state index contributed by atoms with van der Waals surface area (Å²) in [5.74, 6) is 0.791. The predicted molar refractivity (Wildman–Crippen MR) is 83.4 cm³/mol. The molecular formula is C15H14FNO6S. The van der Waals surface area contributed by atoms with Gasteiger partial charge in [-0.15, -0.1) is 3.89 Å². The van der Waals surface area contributed by atoms with E-state index >= 15 is 0 Å². The Morgan fingerprint density at radius 3 is 2.21 bits per heavy atom. The van der Waals surface area contributed by atoms with Crippen molar-refractivity contribution in [1.82, 2.24) is 0 Å². The fraction of sp³-hybridized carbons (Fsp3) is 0.200. The number of non-ortho nitro benzene ring substituents is 1.